The van der Waals surface area contributed by atoms with E-state index in [-0.39, 0.29) is 41.7 Å². The third kappa shape index (κ3) is 7.74. The number of thiazole rings is 1. The first-order valence-corrected chi connectivity index (χ1v) is 17.2. The van der Waals surface area contributed by atoms with Crippen LogP contribution >= 0.6 is 11.3 Å². The maximum Gasteiger partial charge on any atom is 0.407 e. The van der Waals surface area contributed by atoms with Gasteiger partial charge in [-0.05, 0) is 50.5 Å². The molecule has 2 aliphatic heterocycles. The van der Waals surface area contributed by atoms with Gasteiger partial charge in [-0.3, -0.25) is 24.2 Å². The number of rotatable bonds is 9. The summed E-state index contributed by atoms with van der Waals surface area (Å²) in [5.74, 6) is -0.767. The minimum absolute atomic E-state index is 0.0305. The Morgan fingerprint density at radius 2 is 1.76 bits per heavy atom. The first-order chi connectivity index (χ1) is 21.4. The van der Waals surface area contributed by atoms with Crippen molar-refractivity contribution < 1.29 is 24.3 Å². The van der Waals surface area contributed by atoms with Crippen molar-refractivity contribution in [2.45, 2.75) is 96.8 Å². The number of fused-ring (bicyclic) bond motifs is 1. The molecule has 3 fully saturated rings. The van der Waals surface area contributed by atoms with Gasteiger partial charge in [-0.15, -0.1) is 11.3 Å². The van der Waals surface area contributed by atoms with Gasteiger partial charge in [0.1, 0.15) is 22.8 Å². The zero-order valence-electron chi connectivity index (χ0n) is 26.9. The number of nitrogens with zero attached hydrogens (tertiary/aromatic N) is 4. The second kappa shape index (κ2) is 14.0. The van der Waals surface area contributed by atoms with Gasteiger partial charge >= 0.3 is 6.09 Å². The summed E-state index contributed by atoms with van der Waals surface area (Å²) in [4.78, 5) is 64.0. The Bertz CT molecular complexity index is 1370. The average Bonchev–Trinajstić information content (AvgIpc) is 3.71. The Kier molecular flexibility index (Phi) is 10.3. The second-order valence-corrected chi connectivity index (χ2v) is 15.0. The van der Waals surface area contributed by atoms with Crippen LogP contribution in [0, 0.1) is 11.3 Å². The van der Waals surface area contributed by atoms with Gasteiger partial charge in [-0.1, -0.05) is 70.4 Å². The van der Waals surface area contributed by atoms with Gasteiger partial charge in [0.05, 0.1) is 6.04 Å². The summed E-state index contributed by atoms with van der Waals surface area (Å²) in [7, 11) is 0. The summed E-state index contributed by atoms with van der Waals surface area (Å²) < 4.78 is 0. The normalized spacial score (nSPS) is 22.4. The van der Waals surface area contributed by atoms with E-state index in [0.717, 1.165) is 56.5 Å². The molecule has 1 aliphatic carbocycles. The Labute approximate surface area is 270 Å². The predicted molar refractivity (Wildman–Crippen MR) is 173 cm³/mol. The van der Waals surface area contributed by atoms with Gasteiger partial charge in [0.2, 0.25) is 17.6 Å². The van der Waals surface area contributed by atoms with Crippen LogP contribution in [0.15, 0.2) is 35.7 Å². The monoisotopic (exact) mass is 637 g/mol. The zero-order chi connectivity index (χ0) is 32.3. The lowest BCUT2D eigenvalue weighted by Crippen LogP contribution is -2.61. The van der Waals surface area contributed by atoms with Crippen LogP contribution in [0.4, 0.5) is 4.79 Å². The molecule has 1 aromatic carbocycles. The largest absolute Gasteiger partial charge is 0.465 e. The van der Waals surface area contributed by atoms with Crippen LogP contribution in [0.3, 0.4) is 0 Å². The molecule has 0 unspecified atom stereocenters. The van der Waals surface area contributed by atoms with Crippen molar-refractivity contribution in [3.8, 4) is 0 Å². The highest BCUT2D eigenvalue weighted by atomic mass is 32.1. The molecule has 1 aromatic heterocycles. The van der Waals surface area contributed by atoms with Crippen molar-refractivity contribution >= 4 is 35.0 Å². The van der Waals surface area contributed by atoms with Crippen LogP contribution < -0.4 is 5.32 Å². The minimum Gasteiger partial charge on any atom is -0.465 e. The standard InChI is InChI=1S/C34H47N5O5S/c1-22(39(33(43)44)21-34(2,3)4)30(41)36-28(23-12-7-5-8-13-23)32(42)38-18-25-16-11-17-37(25)19-27(38)31-35-26(20-45-31)29(40)24-14-9-6-10-15-24/h6,9-10,14-15,20,22-23,25,27-28H,5,7-8,11-13,16-19,21H2,1-4H3,(H,36,41)(H,43,44)/t22-,25+,27-,28-/m0/s1. The summed E-state index contributed by atoms with van der Waals surface area (Å²) in [5, 5.41) is 15.5. The highest BCUT2D eigenvalue weighted by Gasteiger charge is 2.45. The molecule has 10 nitrogen and oxygen atoms in total. The summed E-state index contributed by atoms with van der Waals surface area (Å²) >= 11 is 1.40. The van der Waals surface area contributed by atoms with Gasteiger partial charge in [0.15, 0.2) is 0 Å². The Morgan fingerprint density at radius 1 is 1.04 bits per heavy atom. The van der Waals surface area contributed by atoms with E-state index in [2.05, 4.69) is 10.2 Å². The molecule has 45 heavy (non-hydrogen) atoms. The lowest BCUT2D eigenvalue weighted by atomic mass is 9.82. The summed E-state index contributed by atoms with van der Waals surface area (Å²) in [6, 6.07) is 7.27. The van der Waals surface area contributed by atoms with Crippen LogP contribution in [-0.4, -0.2) is 92.8 Å². The zero-order valence-corrected chi connectivity index (χ0v) is 27.7. The average molecular weight is 638 g/mol. The summed E-state index contributed by atoms with van der Waals surface area (Å²) in [5.41, 5.74) is 0.603. The fourth-order valence-corrected chi connectivity index (χ4v) is 7.98. The number of carboxylic acid groups (broad SMARTS) is 1. The van der Waals surface area contributed by atoms with Crippen LogP contribution in [-0.2, 0) is 9.59 Å². The molecule has 2 saturated heterocycles. The van der Waals surface area contributed by atoms with Crippen LogP contribution in [0.1, 0.15) is 99.7 Å². The number of nitrogens with one attached hydrogen (secondary N) is 1. The van der Waals surface area contributed by atoms with E-state index in [0.29, 0.717) is 24.3 Å². The number of amides is 3. The molecule has 2 N–H and O–H groups in total. The number of benzene rings is 1. The van der Waals surface area contributed by atoms with Gasteiger partial charge < -0.3 is 15.3 Å². The maximum absolute atomic E-state index is 14.7. The Hall–Kier alpha value is -3.31. The molecule has 244 valence electrons. The van der Waals surface area contributed by atoms with Crippen LogP contribution in [0.5, 0.6) is 0 Å². The molecule has 3 aliphatic rings. The van der Waals surface area contributed by atoms with Crippen LogP contribution in [0.25, 0.3) is 0 Å². The van der Waals surface area contributed by atoms with E-state index in [1.807, 2.05) is 43.9 Å². The third-order valence-electron chi connectivity index (χ3n) is 9.47. The first kappa shape index (κ1) is 33.1. The van der Waals surface area contributed by atoms with Crippen LogP contribution in [0.2, 0.25) is 0 Å². The van der Waals surface area contributed by atoms with E-state index < -0.39 is 24.1 Å². The Balaban J connectivity index is 1.42. The van der Waals surface area contributed by atoms with E-state index in [1.54, 1.807) is 24.4 Å². The highest BCUT2D eigenvalue weighted by Crippen LogP contribution is 2.36. The SMILES string of the molecule is C[C@@H](C(=O)N[C@H](C(=O)N1C[C@H]2CCCN2C[C@H]1c1nc(C(=O)c2ccccc2)cs1)C1CCCCC1)N(CC(C)(C)C)C(=O)O. The molecule has 0 radical (unpaired) electrons. The number of carbonyl (C=O) groups is 4. The second-order valence-electron chi connectivity index (χ2n) is 14.1. The molecule has 5 rings (SSSR count). The lowest BCUT2D eigenvalue weighted by Gasteiger charge is -2.45. The van der Waals surface area contributed by atoms with Crippen molar-refractivity contribution in [3.05, 3.63) is 52.0 Å². The number of carbonyl (C=O) groups excluding carboxylic acids is 3. The van der Waals surface area contributed by atoms with Crippen molar-refractivity contribution in [2.24, 2.45) is 11.3 Å². The van der Waals surface area contributed by atoms with Crippen molar-refractivity contribution in [1.29, 1.82) is 0 Å². The van der Waals surface area contributed by atoms with Gasteiger partial charge in [0.25, 0.3) is 0 Å². The molecule has 4 atom stereocenters. The van der Waals surface area contributed by atoms with Crippen molar-refractivity contribution in [3.63, 3.8) is 0 Å². The highest BCUT2D eigenvalue weighted by molar-refractivity contribution is 7.10. The fourth-order valence-electron chi connectivity index (χ4n) is 7.08. The molecular formula is C34H47N5O5S. The molecule has 3 amide bonds. The number of hydrogen-bond donors (Lipinski definition) is 2. The Morgan fingerprint density at radius 3 is 2.42 bits per heavy atom. The molecule has 3 heterocycles. The molecular weight excluding hydrogens is 590 g/mol. The van der Waals surface area contributed by atoms with E-state index in [9.17, 15) is 24.3 Å². The topological polar surface area (TPSA) is 123 Å². The molecule has 0 bridgehead atoms. The smallest absolute Gasteiger partial charge is 0.407 e. The lowest BCUT2D eigenvalue weighted by molar-refractivity contribution is -0.144. The number of ketones is 1. The number of hydrogen-bond acceptors (Lipinski definition) is 7. The fraction of sp³-hybridized carbons (Fsp3) is 0.618. The summed E-state index contributed by atoms with van der Waals surface area (Å²) in [6.07, 6.45) is 5.65. The predicted octanol–water partition coefficient (Wildman–Crippen LogP) is 5.20. The quantitative estimate of drug-likeness (QED) is 0.362. The number of piperazine rings is 1. The molecule has 0 spiro atoms. The molecule has 1 saturated carbocycles. The molecule has 11 heteroatoms. The third-order valence-corrected chi connectivity index (χ3v) is 10.4. The van der Waals surface area contributed by atoms with Gasteiger partial charge in [0, 0.05) is 36.6 Å². The minimum atomic E-state index is -1.16. The van der Waals surface area contributed by atoms with Crippen molar-refractivity contribution in [1.82, 2.24) is 25.0 Å². The molecule has 2 aromatic rings. The van der Waals surface area contributed by atoms with Crippen molar-refractivity contribution in [2.75, 3.05) is 26.2 Å². The summed E-state index contributed by atoms with van der Waals surface area (Å²) in [6.45, 7) is 9.71. The first-order valence-electron chi connectivity index (χ1n) is 16.3. The van der Waals surface area contributed by atoms with Gasteiger partial charge in [-0.25, -0.2) is 9.78 Å². The van der Waals surface area contributed by atoms with E-state index >= 15 is 0 Å². The number of aromatic nitrogens is 1. The van der Waals surface area contributed by atoms with E-state index in [4.69, 9.17) is 4.98 Å². The van der Waals surface area contributed by atoms with E-state index in [1.165, 1.54) is 16.2 Å². The maximum atomic E-state index is 14.7. The van der Waals surface area contributed by atoms with Gasteiger partial charge in [-0.2, -0.15) is 0 Å².